The van der Waals surface area contributed by atoms with Gasteiger partial charge in [0, 0.05) is 11.5 Å². The van der Waals surface area contributed by atoms with Gasteiger partial charge < -0.3 is 4.74 Å². The van der Waals surface area contributed by atoms with Crippen LogP contribution < -0.4 is 0 Å². The van der Waals surface area contributed by atoms with Gasteiger partial charge in [-0.1, -0.05) is 30.9 Å². The first kappa shape index (κ1) is 9.78. The Kier molecular flexibility index (Phi) is 3.07. The monoisotopic (exact) mass is 178 g/mol. The first-order chi connectivity index (χ1) is 6.11. The lowest BCUT2D eigenvalue weighted by Crippen LogP contribution is -2.21. The molecule has 0 aliphatic heterocycles. The summed E-state index contributed by atoms with van der Waals surface area (Å²) < 4.78 is 5.15. The Bertz CT molecular complexity index is 262. The molecule has 1 aliphatic rings. The highest BCUT2D eigenvalue weighted by atomic mass is 16.5. The van der Waals surface area contributed by atoms with E-state index in [4.69, 9.17) is 4.74 Å². The van der Waals surface area contributed by atoms with Gasteiger partial charge in [-0.25, -0.2) is 4.79 Å². The van der Waals surface area contributed by atoms with Gasteiger partial charge in [0.2, 0.25) is 0 Å². The average molecular weight is 178 g/mol. The normalized spacial score (nSPS) is 17.4. The third kappa shape index (κ3) is 2.58. The summed E-state index contributed by atoms with van der Waals surface area (Å²) in [6.45, 7) is 7.05. The maximum absolute atomic E-state index is 11.1. The summed E-state index contributed by atoms with van der Waals surface area (Å²) in [5.74, 6) is -0.107. The standard InChI is InChI=1S/C11H14O2/c1-8(2)11(12)13-9(3)10-6-4-5-7-10/h4-7,9-10H,1H2,2-3H3. The Morgan fingerprint density at radius 1 is 1.46 bits per heavy atom. The lowest BCUT2D eigenvalue weighted by atomic mass is 10.1. The summed E-state index contributed by atoms with van der Waals surface area (Å²) in [5.41, 5.74) is 0.442. The van der Waals surface area contributed by atoms with Crippen LogP contribution in [0.5, 0.6) is 0 Å². The van der Waals surface area contributed by atoms with Crippen LogP contribution in [-0.2, 0) is 9.53 Å². The fourth-order valence-corrected chi connectivity index (χ4v) is 1.11. The number of allylic oxidation sites excluding steroid dienone is 2. The Morgan fingerprint density at radius 3 is 2.46 bits per heavy atom. The van der Waals surface area contributed by atoms with Crippen LogP contribution in [0.4, 0.5) is 0 Å². The van der Waals surface area contributed by atoms with Crippen molar-refractivity contribution < 1.29 is 9.53 Å². The molecule has 13 heavy (non-hydrogen) atoms. The predicted octanol–water partition coefficient (Wildman–Crippen LogP) is 2.24. The van der Waals surface area contributed by atoms with E-state index >= 15 is 0 Å². The molecule has 1 rings (SSSR count). The van der Waals surface area contributed by atoms with E-state index in [2.05, 4.69) is 6.58 Å². The van der Waals surface area contributed by atoms with Crippen molar-refractivity contribution in [1.29, 1.82) is 0 Å². The molecular formula is C11H14O2. The van der Waals surface area contributed by atoms with Crippen molar-refractivity contribution in [3.05, 3.63) is 36.5 Å². The summed E-state index contributed by atoms with van der Waals surface area (Å²) >= 11 is 0. The van der Waals surface area contributed by atoms with Gasteiger partial charge in [0.15, 0.2) is 0 Å². The highest BCUT2D eigenvalue weighted by Gasteiger charge is 2.17. The average Bonchev–Trinajstić information content (AvgIpc) is 2.55. The van der Waals surface area contributed by atoms with E-state index in [1.165, 1.54) is 0 Å². The Labute approximate surface area is 78.6 Å². The number of ether oxygens (including phenoxy) is 1. The molecule has 0 N–H and O–H groups in total. The van der Waals surface area contributed by atoms with Gasteiger partial charge in [-0.3, -0.25) is 0 Å². The minimum absolute atomic E-state index is 0.112. The molecule has 0 saturated carbocycles. The highest BCUT2D eigenvalue weighted by Crippen LogP contribution is 2.16. The fourth-order valence-electron chi connectivity index (χ4n) is 1.11. The van der Waals surface area contributed by atoms with Crippen molar-refractivity contribution >= 4 is 5.97 Å². The lowest BCUT2D eigenvalue weighted by molar-refractivity contribution is -0.144. The zero-order valence-electron chi connectivity index (χ0n) is 7.99. The van der Waals surface area contributed by atoms with Gasteiger partial charge in [0.05, 0.1) is 0 Å². The zero-order chi connectivity index (χ0) is 9.84. The van der Waals surface area contributed by atoms with E-state index in [1.54, 1.807) is 6.92 Å². The smallest absolute Gasteiger partial charge is 0.333 e. The number of carbonyl (C=O) groups is 1. The van der Waals surface area contributed by atoms with Crippen molar-refractivity contribution in [2.24, 2.45) is 5.92 Å². The van der Waals surface area contributed by atoms with Crippen molar-refractivity contribution in [3.63, 3.8) is 0 Å². The molecule has 0 bridgehead atoms. The van der Waals surface area contributed by atoms with Crippen molar-refractivity contribution in [3.8, 4) is 0 Å². The molecule has 1 unspecified atom stereocenters. The summed E-state index contributed by atoms with van der Waals surface area (Å²) in [6, 6.07) is 0. The maximum atomic E-state index is 11.1. The van der Waals surface area contributed by atoms with Gasteiger partial charge in [0.25, 0.3) is 0 Å². The number of hydrogen-bond acceptors (Lipinski definition) is 2. The second-order valence-corrected chi connectivity index (χ2v) is 3.24. The van der Waals surface area contributed by atoms with E-state index < -0.39 is 0 Å². The SMILES string of the molecule is C=C(C)C(=O)OC(C)C1C=CC=C1. The van der Waals surface area contributed by atoms with Crippen molar-refractivity contribution in [1.82, 2.24) is 0 Å². The third-order valence-electron chi connectivity index (χ3n) is 1.96. The van der Waals surface area contributed by atoms with Gasteiger partial charge in [-0.2, -0.15) is 0 Å². The zero-order valence-corrected chi connectivity index (χ0v) is 7.99. The molecule has 0 aromatic heterocycles. The molecule has 1 aliphatic carbocycles. The van der Waals surface area contributed by atoms with E-state index in [1.807, 2.05) is 31.2 Å². The summed E-state index contributed by atoms with van der Waals surface area (Å²) in [5, 5.41) is 0. The van der Waals surface area contributed by atoms with Crippen LogP contribution in [-0.4, -0.2) is 12.1 Å². The second kappa shape index (κ2) is 4.08. The molecule has 0 aromatic carbocycles. The Balaban J connectivity index is 2.45. The van der Waals surface area contributed by atoms with Gasteiger partial charge >= 0.3 is 5.97 Å². The largest absolute Gasteiger partial charge is 0.458 e. The highest BCUT2D eigenvalue weighted by molar-refractivity contribution is 5.87. The van der Waals surface area contributed by atoms with Crippen LogP contribution in [0.2, 0.25) is 0 Å². The Morgan fingerprint density at radius 2 is 2.00 bits per heavy atom. The van der Waals surface area contributed by atoms with E-state index in [9.17, 15) is 4.79 Å². The molecule has 1 atom stereocenters. The van der Waals surface area contributed by atoms with Gasteiger partial charge in [-0.15, -0.1) is 0 Å². The molecule has 70 valence electrons. The fraction of sp³-hybridized carbons (Fsp3) is 0.364. The molecule has 0 amide bonds. The van der Waals surface area contributed by atoms with E-state index in [-0.39, 0.29) is 18.0 Å². The van der Waals surface area contributed by atoms with Crippen LogP contribution in [0.3, 0.4) is 0 Å². The summed E-state index contributed by atoms with van der Waals surface area (Å²) in [7, 11) is 0. The topological polar surface area (TPSA) is 26.3 Å². The van der Waals surface area contributed by atoms with Crippen molar-refractivity contribution in [2.75, 3.05) is 0 Å². The lowest BCUT2D eigenvalue weighted by Gasteiger charge is -2.16. The van der Waals surface area contributed by atoms with Gasteiger partial charge in [-0.05, 0) is 13.8 Å². The molecule has 0 aromatic rings. The second-order valence-electron chi connectivity index (χ2n) is 3.24. The molecule has 2 heteroatoms. The van der Waals surface area contributed by atoms with Gasteiger partial charge in [0.1, 0.15) is 6.10 Å². The third-order valence-corrected chi connectivity index (χ3v) is 1.96. The number of rotatable bonds is 3. The first-order valence-electron chi connectivity index (χ1n) is 4.32. The quantitative estimate of drug-likeness (QED) is 0.489. The summed E-state index contributed by atoms with van der Waals surface area (Å²) in [6.07, 6.45) is 7.82. The molecule has 0 spiro atoms. The number of carbonyl (C=O) groups excluding carboxylic acids is 1. The van der Waals surface area contributed by atoms with Crippen LogP contribution in [0.25, 0.3) is 0 Å². The first-order valence-corrected chi connectivity index (χ1v) is 4.32. The molecule has 0 radical (unpaired) electrons. The molecular weight excluding hydrogens is 164 g/mol. The van der Waals surface area contributed by atoms with Crippen molar-refractivity contribution in [2.45, 2.75) is 20.0 Å². The van der Waals surface area contributed by atoms with Crippen LogP contribution >= 0.6 is 0 Å². The number of esters is 1. The van der Waals surface area contributed by atoms with E-state index in [0.29, 0.717) is 5.57 Å². The minimum Gasteiger partial charge on any atom is -0.458 e. The Hall–Kier alpha value is -1.31. The summed E-state index contributed by atoms with van der Waals surface area (Å²) in [4.78, 5) is 11.1. The van der Waals surface area contributed by atoms with Crippen LogP contribution in [0.15, 0.2) is 36.5 Å². The minimum atomic E-state index is -0.318. The number of hydrogen-bond donors (Lipinski definition) is 0. The molecule has 0 fully saturated rings. The predicted molar refractivity (Wildman–Crippen MR) is 52.1 cm³/mol. The maximum Gasteiger partial charge on any atom is 0.333 e. The van der Waals surface area contributed by atoms with Crippen LogP contribution in [0, 0.1) is 5.92 Å². The van der Waals surface area contributed by atoms with Crippen LogP contribution in [0.1, 0.15) is 13.8 Å². The molecule has 0 heterocycles. The van der Waals surface area contributed by atoms with E-state index in [0.717, 1.165) is 0 Å². The molecule has 0 saturated heterocycles. The molecule has 2 nitrogen and oxygen atoms in total.